The third-order valence-electron chi connectivity index (χ3n) is 3.57. The average Bonchev–Trinajstić information content (AvgIpc) is 2.87. The Morgan fingerprint density at radius 2 is 2.00 bits per heavy atom. The first-order chi connectivity index (χ1) is 9.30. The fourth-order valence-electron chi connectivity index (χ4n) is 2.59. The Morgan fingerprint density at radius 3 is 2.60 bits per heavy atom. The second kappa shape index (κ2) is 5.66. The molecule has 8 nitrogen and oxygen atoms in total. The number of hydrogen-bond donors (Lipinski definition) is 1. The van der Waals surface area contributed by atoms with Crippen LogP contribution in [0, 0.1) is 0 Å². The molecule has 20 heavy (non-hydrogen) atoms. The summed E-state index contributed by atoms with van der Waals surface area (Å²) in [6, 6.07) is -0.711. The summed E-state index contributed by atoms with van der Waals surface area (Å²) in [4.78, 5) is 24.7. The summed E-state index contributed by atoms with van der Waals surface area (Å²) < 4.78 is 29.5. The zero-order valence-corrected chi connectivity index (χ0v) is 12.0. The van der Waals surface area contributed by atoms with Gasteiger partial charge in [0.2, 0.25) is 15.9 Å². The molecular formula is C11H18N2O6S. The quantitative estimate of drug-likeness (QED) is 0.696. The van der Waals surface area contributed by atoms with Gasteiger partial charge in [-0.25, -0.2) is 13.2 Å². The highest BCUT2D eigenvalue weighted by atomic mass is 32.2. The van der Waals surface area contributed by atoms with Gasteiger partial charge in [-0.1, -0.05) is 0 Å². The van der Waals surface area contributed by atoms with Gasteiger partial charge in [-0.3, -0.25) is 4.79 Å². The van der Waals surface area contributed by atoms with Crippen molar-refractivity contribution in [3.63, 3.8) is 0 Å². The predicted octanol–water partition coefficient (Wildman–Crippen LogP) is -1.28. The van der Waals surface area contributed by atoms with E-state index >= 15 is 0 Å². The largest absolute Gasteiger partial charge is 0.479 e. The molecule has 1 N–H and O–H groups in total. The van der Waals surface area contributed by atoms with Crippen LogP contribution in [0.5, 0.6) is 0 Å². The smallest absolute Gasteiger partial charge is 0.334 e. The van der Waals surface area contributed by atoms with Crippen LogP contribution in [-0.2, 0) is 24.3 Å². The van der Waals surface area contributed by atoms with E-state index in [0.717, 1.165) is 6.26 Å². The lowest BCUT2D eigenvalue weighted by Gasteiger charge is -2.34. The van der Waals surface area contributed by atoms with Crippen LogP contribution in [-0.4, -0.2) is 79.2 Å². The monoisotopic (exact) mass is 306 g/mol. The molecule has 0 aliphatic carbocycles. The van der Waals surface area contributed by atoms with Gasteiger partial charge in [0.25, 0.3) is 0 Å². The van der Waals surface area contributed by atoms with Crippen molar-refractivity contribution >= 4 is 21.9 Å². The molecule has 0 aromatic rings. The zero-order chi connectivity index (χ0) is 14.9. The molecule has 0 spiro atoms. The lowest BCUT2D eigenvalue weighted by atomic mass is 10.1. The molecule has 2 rings (SSSR count). The van der Waals surface area contributed by atoms with E-state index in [4.69, 9.17) is 9.84 Å². The maximum absolute atomic E-state index is 12.4. The molecule has 2 aliphatic rings. The average molecular weight is 306 g/mol. The number of aliphatic carboxylic acids is 1. The van der Waals surface area contributed by atoms with Crippen molar-refractivity contribution in [3.05, 3.63) is 0 Å². The van der Waals surface area contributed by atoms with E-state index in [1.165, 1.54) is 9.21 Å². The Bertz CT molecular complexity index is 505. The van der Waals surface area contributed by atoms with Crippen molar-refractivity contribution in [2.24, 2.45) is 0 Å². The van der Waals surface area contributed by atoms with Gasteiger partial charge in [0.05, 0.1) is 19.4 Å². The third-order valence-corrected chi connectivity index (χ3v) is 4.86. The standard InChI is InChI=1S/C11H18N2O6S/c1-20(17,18)13-4-2-3-8(13)10(14)12-5-6-19-9(7-12)11(15)16/h8-9H,2-7H2,1H3,(H,15,16)/t8-,9-/m0/s1. The van der Waals surface area contributed by atoms with E-state index in [9.17, 15) is 18.0 Å². The Morgan fingerprint density at radius 1 is 1.30 bits per heavy atom. The first-order valence-corrected chi connectivity index (χ1v) is 8.25. The van der Waals surface area contributed by atoms with Crippen molar-refractivity contribution in [2.45, 2.75) is 25.0 Å². The van der Waals surface area contributed by atoms with Crippen molar-refractivity contribution in [2.75, 3.05) is 32.5 Å². The number of morpholine rings is 1. The molecule has 0 radical (unpaired) electrons. The second-order valence-electron chi connectivity index (χ2n) is 5.01. The van der Waals surface area contributed by atoms with E-state index in [0.29, 0.717) is 19.4 Å². The molecule has 2 heterocycles. The Labute approximate surface area is 117 Å². The number of carboxylic acid groups (broad SMARTS) is 1. The maximum atomic E-state index is 12.4. The van der Waals surface area contributed by atoms with Gasteiger partial charge in [-0.2, -0.15) is 4.31 Å². The van der Waals surface area contributed by atoms with Gasteiger partial charge in [0.15, 0.2) is 6.10 Å². The molecule has 0 aromatic heterocycles. The number of carbonyl (C=O) groups is 2. The van der Waals surface area contributed by atoms with Gasteiger partial charge >= 0.3 is 5.97 Å². The maximum Gasteiger partial charge on any atom is 0.334 e. The summed E-state index contributed by atoms with van der Waals surface area (Å²) in [5.74, 6) is -1.45. The molecule has 9 heteroatoms. The summed E-state index contributed by atoms with van der Waals surface area (Å²) in [6.45, 7) is 0.731. The number of rotatable bonds is 3. The van der Waals surface area contributed by atoms with Crippen molar-refractivity contribution in [3.8, 4) is 0 Å². The van der Waals surface area contributed by atoms with Crippen LogP contribution in [0.1, 0.15) is 12.8 Å². The highest BCUT2D eigenvalue weighted by Crippen LogP contribution is 2.23. The van der Waals surface area contributed by atoms with Crippen LogP contribution in [0.4, 0.5) is 0 Å². The Hall–Kier alpha value is -1.19. The number of amides is 1. The van der Waals surface area contributed by atoms with Crippen molar-refractivity contribution < 1.29 is 27.9 Å². The van der Waals surface area contributed by atoms with Crippen LogP contribution in [0.2, 0.25) is 0 Å². The molecule has 1 amide bonds. The topological polar surface area (TPSA) is 104 Å². The summed E-state index contributed by atoms with van der Waals surface area (Å²) in [5.41, 5.74) is 0. The zero-order valence-electron chi connectivity index (χ0n) is 11.2. The molecule has 0 aromatic carbocycles. The third kappa shape index (κ3) is 3.10. The number of carboxylic acids is 1. The van der Waals surface area contributed by atoms with E-state index in [-0.39, 0.29) is 25.6 Å². The minimum atomic E-state index is -3.43. The van der Waals surface area contributed by atoms with Gasteiger partial charge in [-0.05, 0) is 12.8 Å². The first kappa shape index (κ1) is 15.2. The van der Waals surface area contributed by atoms with E-state index in [1.54, 1.807) is 0 Å². The van der Waals surface area contributed by atoms with Crippen LogP contribution >= 0.6 is 0 Å². The lowest BCUT2D eigenvalue weighted by Crippen LogP contribution is -2.54. The van der Waals surface area contributed by atoms with E-state index in [1.807, 2.05) is 0 Å². The van der Waals surface area contributed by atoms with Crippen LogP contribution < -0.4 is 0 Å². The Balaban J connectivity index is 2.09. The van der Waals surface area contributed by atoms with Crippen molar-refractivity contribution in [1.82, 2.24) is 9.21 Å². The number of nitrogens with zero attached hydrogens (tertiary/aromatic N) is 2. The molecule has 114 valence electrons. The molecule has 2 saturated heterocycles. The summed E-state index contributed by atoms with van der Waals surface area (Å²) in [7, 11) is -3.43. The summed E-state index contributed by atoms with van der Waals surface area (Å²) in [5, 5.41) is 8.92. The summed E-state index contributed by atoms with van der Waals surface area (Å²) in [6.07, 6.45) is 1.15. The molecule has 0 unspecified atom stereocenters. The predicted molar refractivity (Wildman–Crippen MR) is 68.5 cm³/mol. The van der Waals surface area contributed by atoms with Gasteiger partial charge in [0, 0.05) is 13.1 Å². The summed E-state index contributed by atoms with van der Waals surface area (Å²) >= 11 is 0. The van der Waals surface area contributed by atoms with E-state index in [2.05, 4.69) is 0 Å². The molecular weight excluding hydrogens is 288 g/mol. The van der Waals surface area contributed by atoms with Gasteiger partial charge in [0.1, 0.15) is 6.04 Å². The van der Waals surface area contributed by atoms with Gasteiger partial charge in [-0.15, -0.1) is 0 Å². The fraction of sp³-hybridized carbons (Fsp3) is 0.818. The van der Waals surface area contributed by atoms with Gasteiger partial charge < -0.3 is 14.7 Å². The lowest BCUT2D eigenvalue weighted by molar-refractivity contribution is -0.160. The number of carbonyl (C=O) groups excluding carboxylic acids is 1. The van der Waals surface area contributed by atoms with E-state index < -0.39 is 28.1 Å². The molecule has 2 atom stereocenters. The Kier molecular flexibility index (Phi) is 4.31. The molecule has 2 aliphatic heterocycles. The normalized spacial score (nSPS) is 28.6. The second-order valence-corrected chi connectivity index (χ2v) is 6.95. The number of ether oxygens (including phenoxy) is 1. The minimum Gasteiger partial charge on any atom is -0.479 e. The number of sulfonamides is 1. The highest BCUT2D eigenvalue weighted by Gasteiger charge is 2.40. The number of hydrogen-bond acceptors (Lipinski definition) is 5. The minimum absolute atomic E-state index is 0.0394. The van der Waals surface area contributed by atoms with Crippen LogP contribution in [0.25, 0.3) is 0 Å². The first-order valence-electron chi connectivity index (χ1n) is 6.40. The fourth-order valence-corrected chi connectivity index (χ4v) is 3.71. The van der Waals surface area contributed by atoms with Crippen LogP contribution in [0.3, 0.4) is 0 Å². The SMILES string of the molecule is CS(=O)(=O)N1CCC[C@H]1C(=O)N1CCO[C@H](C(=O)O)C1. The molecule has 2 fully saturated rings. The van der Waals surface area contributed by atoms with Crippen molar-refractivity contribution in [1.29, 1.82) is 0 Å². The molecule has 0 bridgehead atoms. The molecule has 0 saturated carbocycles. The van der Waals surface area contributed by atoms with Crippen LogP contribution in [0.15, 0.2) is 0 Å². The highest BCUT2D eigenvalue weighted by molar-refractivity contribution is 7.88.